The Bertz CT molecular complexity index is 303. The van der Waals surface area contributed by atoms with E-state index in [-0.39, 0.29) is 5.54 Å². The number of hydrogen-bond acceptors (Lipinski definition) is 3. The molecule has 0 bridgehead atoms. The fourth-order valence-corrected chi connectivity index (χ4v) is 3.54. The van der Waals surface area contributed by atoms with E-state index in [1.807, 2.05) is 20.8 Å². The molecule has 0 fully saturated rings. The fraction of sp³-hybridized carbons (Fsp3) is 1.00. The minimum absolute atomic E-state index is 0.280. The van der Waals surface area contributed by atoms with Gasteiger partial charge in [-0.1, -0.05) is 27.7 Å². The third-order valence-electron chi connectivity index (χ3n) is 3.78. The Labute approximate surface area is 113 Å². The number of sulfonamides is 1. The van der Waals surface area contributed by atoms with Gasteiger partial charge in [0.1, 0.15) is 0 Å². The topological polar surface area (TPSA) is 58.2 Å². The van der Waals surface area contributed by atoms with Crippen molar-refractivity contribution in [1.82, 2.24) is 10.0 Å². The number of hydrogen-bond donors (Lipinski definition) is 2. The zero-order valence-electron chi connectivity index (χ0n) is 12.5. The van der Waals surface area contributed by atoms with E-state index in [1.54, 1.807) is 6.92 Å². The lowest BCUT2D eigenvalue weighted by Gasteiger charge is -2.32. The molecule has 0 spiro atoms. The monoisotopic (exact) mass is 278 g/mol. The Kier molecular flexibility index (Phi) is 8.06. The molecule has 5 heteroatoms. The first-order valence-electron chi connectivity index (χ1n) is 7.10. The van der Waals surface area contributed by atoms with Gasteiger partial charge in [0.2, 0.25) is 10.0 Å². The van der Waals surface area contributed by atoms with E-state index < -0.39 is 15.3 Å². The van der Waals surface area contributed by atoms with E-state index in [2.05, 4.69) is 17.0 Å². The van der Waals surface area contributed by atoms with Gasteiger partial charge in [-0.3, -0.25) is 0 Å². The molecule has 0 radical (unpaired) electrons. The average Bonchev–Trinajstić information content (AvgIpc) is 2.36. The van der Waals surface area contributed by atoms with Crippen molar-refractivity contribution in [3.8, 4) is 0 Å². The van der Waals surface area contributed by atoms with E-state index in [0.29, 0.717) is 6.54 Å². The SMILES string of the molecule is CCCNCC(C)S(=O)(=O)NC(CC)(CC)CC. The van der Waals surface area contributed by atoms with Crippen molar-refractivity contribution in [2.24, 2.45) is 0 Å². The maximum absolute atomic E-state index is 12.3. The van der Waals surface area contributed by atoms with Gasteiger partial charge in [-0.05, 0) is 39.2 Å². The second-order valence-electron chi connectivity index (χ2n) is 5.00. The quantitative estimate of drug-likeness (QED) is 0.603. The molecule has 0 aliphatic rings. The van der Waals surface area contributed by atoms with Crippen LogP contribution in [0.2, 0.25) is 0 Å². The summed E-state index contributed by atoms with van der Waals surface area (Å²) in [5.41, 5.74) is -0.280. The standard InChI is InChI=1S/C13H30N2O2S/c1-6-10-14-11-12(5)18(16,17)15-13(7-2,8-3)9-4/h12,14-15H,6-11H2,1-5H3. The highest BCUT2D eigenvalue weighted by Crippen LogP contribution is 2.21. The summed E-state index contributed by atoms with van der Waals surface area (Å²) in [6.45, 7) is 11.3. The highest BCUT2D eigenvalue weighted by molar-refractivity contribution is 7.90. The highest BCUT2D eigenvalue weighted by Gasteiger charge is 2.32. The first kappa shape index (κ1) is 17.9. The maximum Gasteiger partial charge on any atom is 0.215 e. The Hall–Kier alpha value is -0.130. The fourth-order valence-electron chi connectivity index (χ4n) is 1.96. The second-order valence-corrected chi connectivity index (χ2v) is 7.10. The lowest BCUT2D eigenvalue weighted by Crippen LogP contribution is -2.51. The van der Waals surface area contributed by atoms with Gasteiger partial charge >= 0.3 is 0 Å². The molecule has 0 saturated carbocycles. The van der Waals surface area contributed by atoms with Crippen LogP contribution in [-0.4, -0.2) is 32.3 Å². The summed E-state index contributed by atoms with van der Waals surface area (Å²) in [4.78, 5) is 0. The second kappa shape index (κ2) is 8.12. The summed E-state index contributed by atoms with van der Waals surface area (Å²) in [5, 5.41) is 2.77. The molecular formula is C13H30N2O2S. The third kappa shape index (κ3) is 5.24. The van der Waals surface area contributed by atoms with Gasteiger partial charge < -0.3 is 5.32 Å². The molecule has 1 unspecified atom stereocenters. The van der Waals surface area contributed by atoms with E-state index in [4.69, 9.17) is 0 Å². The Balaban J connectivity index is 4.62. The Morgan fingerprint density at radius 2 is 1.56 bits per heavy atom. The molecular weight excluding hydrogens is 248 g/mol. The average molecular weight is 278 g/mol. The van der Waals surface area contributed by atoms with Gasteiger partial charge in [0, 0.05) is 12.1 Å². The van der Waals surface area contributed by atoms with Crippen molar-refractivity contribution in [3.63, 3.8) is 0 Å². The molecule has 4 nitrogen and oxygen atoms in total. The molecule has 0 heterocycles. The van der Waals surface area contributed by atoms with Crippen molar-refractivity contribution in [2.45, 2.75) is 71.1 Å². The molecule has 0 saturated heterocycles. The smallest absolute Gasteiger partial charge is 0.215 e. The van der Waals surface area contributed by atoms with Gasteiger partial charge in [-0.15, -0.1) is 0 Å². The summed E-state index contributed by atoms with van der Waals surface area (Å²) in [5.74, 6) is 0. The van der Waals surface area contributed by atoms with Crippen molar-refractivity contribution in [1.29, 1.82) is 0 Å². The summed E-state index contributed by atoms with van der Waals surface area (Å²) in [6.07, 6.45) is 3.50. The molecule has 0 aromatic heterocycles. The largest absolute Gasteiger partial charge is 0.315 e. The molecule has 2 N–H and O–H groups in total. The zero-order valence-corrected chi connectivity index (χ0v) is 13.4. The predicted octanol–water partition coefficient (Wildman–Crippen LogP) is 2.26. The first-order chi connectivity index (χ1) is 8.37. The van der Waals surface area contributed by atoms with Crippen LogP contribution >= 0.6 is 0 Å². The van der Waals surface area contributed by atoms with E-state index in [9.17, 15) is 8.42 Å². The van der Waals surface area contributed by atoms with E-state index >= 15 is 0 Å². The van der Waals surface area contributed by atoms with Crippen LogP contribution in [0.5, 0.6) is 0 Å². The molecule has 1 atom stereocenters. The molecule has 0 aromatic rings. The molecule has 18 heavy (non-hydrogen) atoms. The molecule has 0 amide bonds. The molecule has 0 rings (SSSR count). The van der Waals surface area contributed by atoms with E-state index in [1.165, 1.54) is 0 Å². The number of nitrogens with one attached hydrogen (secondary N) is 2. The summed E-state index contributed by atoms with van der Waals surface area (Å²) >= 11 is 0. The van der Waals surface area contributed by atoms with Crippen molar-refractivity contribution < 1.29 is 8.42 Å². The van der Waals surface area contributed by atoms with Crippen LogP contribution in [0, 0.1) is 0 Å². The van der Waals surface area contributed by atoms with Gasteiger partial charge in [0.05, 0.1) is 5.25 Å². The van der Waals surface area contributed by atoms with Crippen LogP contribution in [0.1, 0.15) is 60.3 Å². The zero-order chi connectivity index (χ0) is 14.2. The van der Waals surface area contributed by atoms with Crippen LogP contribution in [0.3, 0.4) is 0 Å². The summed E-state index contributed by atoms with van der Waals surface area (Å²) < 4.78 is 27.4. The van der Waals surface area contributed by atoms with Crippen molar-refractivity contribution in [2.75, 3.05) is 13.1 Å². The van der Waals surface area contributed by atoms with Gasteiger partial charge in [0.25, 0.3) is 0 Å². The van der Waals surface area contributed by atoms with Crippen LogP contribution in [-0.2, 0) is 10.0 Å². The lowest BCUT2D eigenvalue weighted by molar-refractivity contribution is 0.340. The van der Waals surface area contributed by atoms with Crippen molar-refractivity contribution in [3.05, 3.63) is 0 Å². The van der Waals surface area contributed by atoms with Crippen LogP contribution < -0.4 is 10.0 Å². The normalized spacial score (nSPS) is 14.7. The maximum atomic E-state index is 12.3. The van der Waals surface area contributed by atoms with Crippen LogP contribution in [0.15, 0.2) is 0 Å². The lowest BCUT2D eigenvalue weighted by atomic mass is 9.91. The summed E-state index contributed by atoms with van der Waals surface area (Å²) in [6, 6.07) is 0. The predicted molar refractivity (Wildman–Crippen MR) is 78.3 cm³/mol. The van der Waals surface area contributed by atoms with E-state index in [0.717, 1.165) is 32.2 Å². The third-order valence-corrected chi connectivity index (χ3v) is 5.72. The van der Waals surface area contributed by atoms with Crippen LogP contribution in [0.4, 0.5) is 0 Å². The van der Waals surface area contributed by atoms with Crippen LogP contribution in [0.25, 0.3) is 0 Å². The Morgan fingerprint density at radius 3 is 1.94 bits per heavy atom. The van der Waals surface area contributed by atoms with Gasteiger partial charge in [-0.2, -0.15) is 0 Å². The highest BCUT2D eigenvalue weighted by atomic mass is 32.2. The molecule has 110 valence electrons. The van der Waals surface area contributed by atoms with Crippen molar-refractivity contribution >= 4 is 10.0 Å². The molecule has 0 aliphatic heterocycles. The molecule has 0 aromatic carbocycles. The Morgan fingerprint density at radius 1 is 1.06 bits per heavy atom. The minimum Gasteiger partial charge on any atom is -0.315 e. The first-order valence-corrected chi connectivity index (χ1v) is 8.65. The minimum atomic E-state index is -3.25. The number of rotatable bonds is 10. The van der Waals surface area contributed by atoms with Gasteiger partial charge in [0.15, 0.2) is 0 Å². The summed E-state index contributed by atoms with van der Waals surface area (Å²) in [7, 11) is -3.25. The van der Waals surface area contributed by atoms with Gasteiger partial charge in [-0.25, -0.2) is 13.1 Å². The molecule has 0 aliphatic carbocycles.